The molecule has 1 aliphatic rings. The molecule has 1 aliphatic heterocycles. The van der Waals surface area contributed by atoms with E-state index in [1.54, 1.807) is 0 Å². The van der Waals surface area contributed by atoms with Crippen LogP contribution in [0.5, 0.6) is 0 Å². The van der Waals surface area contributed by atoms with Gasteiger partial charge in [-0.2, -0.15) is 0 Å². The Morgan fingerprint density at radius 1 is 1.50 bits per heavy atom. The van der Waals surface area contributed by atoms with Crippen LogP contribution in [0, 0.1) is 5.92 Å². The maximum Gasteiger partial charge on any atom is 0.307 e. The van der Waals surface area contributed by atoms with Crippen LogP contribution < -0.4 is 5.73 Å². The number of hydrogen-bond acceptors (Lipinski definition) is 4. The number of esters is 1. The third kappa shape index (κ3) is 4.10. The molecule has 1 atom stereocenters. The summed E-state index contributed by atoms with van der Waals surface area (Å²) < 4.78 is 4.69. The average molecular weight is 228 g/mol. The SMILES string of the molecule is COC(=O)CC(C)N1CCC(CCN)CC1. The van der Waals surface area contributed by atoms with Crippen molar-refractivity contribution in [3.8, 4) is 0 Å². The molecular weight excluding hydrogens is 204 g/mol. The zero-order valence-electron chi connectivity index (χ0n) is 10.4. The maximum atomic E-state index is 11.2. The summed E-state index contributed by atoms with van der Waals surface area (Å²) in [5, 5.41) is 0. The van der Waals surface area contributed by atoms with Gasteiger partial charge in [0.2, 0.25) is 0 Å². The Balaban J connectivity index is 2.27. The highest BCUT2D eigenvalue weighted by atomic mass is 16.5. The van der Waals surface area contributed by atoms with Gasteiger partial charge in [-0.05, 0) is 51.7 Å². The minimum atomic E-state index is -0.114. The number of piperidine rings is 1. The number of methoxy groups -OCH3 is 1. The number of carbonyl (C=O) groups is 1. The van der Waals surface area contributed by atoms with E-state index in [0.717, 1.165) is 32.0 Å². The van der Waals surface area contributed by atoms with Crippen LogP contribution in [-0.4, -0.2) is 43.7 Å². The van der Waals surface area contributed by atoms with Crippen molar-refractivity contribution >= 4 is 5.97 Å². The summed E-state index contributed by atoms with van der Waals surface area (Å²) in [6, 6.07) is 0.297. The van der Waals surface area contributed by atoms with Gasteiger partial charge >= 0.3 is 5.97 Å². The minimum absolute atomic E-state index is 0.114. The van der Waals surface area contributed by atoms with Crippen LogP contribution in [0.25, 0.3) is 0 Å². The van der Waals surface area contributed by atoms with Gasteiger partial charge in [0, 0.05) is 6.04 Å². The van der Waals surface area contributed by atoms with Gasteiger partial charge in [0.05, 0.1) is 13.5 Å². The molecule has 0 spiro atoms. The van der Waals surface area contributed by atoms with Gasteiger partial charge in [0.1, 0.15) is 0 Å². The van der Waals surface area contributed by atoms with Crippen LogP contribution in [0.1, 0.15) is 32.6 Å². The normalized spacial score (nSPS) is 20.7. The van der Waals surface area contributed by atoms with Gasteiger partial charge in [-0.25, -0.2) is 0 Å². The Hall–Kier alpha value is -0.610. The number of likely N-dealkylation sites (tertiary alicyclic amines) is 1. The number of ether oxygens (including phenoxy) is 1. The Kier molecular flexibility index (Phi) is 5.77. The fourth-order valence-corrected chi connectivity index (χ4v) is 2.37. The highest BCUT2D eigenvalue weighted by Gasteiger charge is 2.23. The van der Waals surface area contributed by atoms with Gasteiger partial charge in [0.15, 0.2) is 0 Å². The maximum absolute atomic E-state index is 11.2. The number of nitrogens with zero attached hydrogens (tertiary/aromatic N) is 1. The molecule has 16 heavy (non-hydrogen) atoms. The lowest BCUT2D eigenvalue weighted by Crippen LogP contribution is -2.41. The Morgan fingerprint density at radius 2 is 2.12 bits per heavy atom. The highest BCUT2D eigenvalue weighted by molar-refractivity contribution is 5.69. The summed E-state index contributed by atoms with van der Waals surface area (Å²) in [5.41, 5.74) is 5.56. The quantitative estimate of drug-likeness (QED) is 0.713. The summed E-state index contributed by atoms with van der Waals surface area (Å²) >= 11 is 0. The Bertz CT molecular complexity index is 213. The number of hydrogen-bond donors (Lipinski definition) is 1. The molecule has 0 amide bonds. The predicted octanol–water partition coefficient (Wildman–Crippen LogP) is 0.999. The number of carbonyl (C=O) groups excluding carboxylic acids is 1. The lowest BCUT2D eigenvalue weighted by Gasteiger charge is -2.35. The summed E-state index contributed by atoms with van der Waals surface area (Å²) in [6.45, 7) is 5.06. The molecule has 1 unspecified atom stereocenters. The molecule has 0 radical (unpaired) electrons. The van der Waals surface area contributed by atoms with E-state index in [0.29, 0.717) is 12.5 Å². The van der Waals surface area contributed by atoms with Crippen LogP contribution in [-0.2, 0) is 9.53 Å². The first-order valence-corrected chi connectivity index (χ1v) is 6.18. The molecule has 1 heterocycles. The zero-order chi connectivity index (χ0) is 12.0. The van der Waals surface area contributed by atoms with Crippen LogP contribution in [0.4, 0.5) is 0 Å². The molecule has 2 N–H and O–H groups in total. The monoisotopic (exact) mass is 228 g/mol. The summed E-state index contributed by atoms with van der Waals surface area (Å²) in [7, 11) is 1.45. The average Bonchev–Trinajstić information content (AvgIpc) is 2.30. The van der Waals surface area contributed by atoms with Crippen LogP contribution >= 0.6 is 0 Å². The summed E-state index contributed by atoms with van der Waals surface area (Å²) in [4.78, 5) is 13.5. The second-order valence-electron chi connectivity index (χ2n) is 4.69. The summed E-state index contributed by atoms with van der Waals surface area (Å²) in [5.74, 6) is 0.670. The van der Waals surface area contributed by atoms with Gasteiger partial charge in [0.25, 0.3) is 0 Å². The van der Waals surface area contributed by atoms with Crippen molar-refractivity contribution in [1.82, 2.24) is 4.90 Å². The van der Waals surface area contributed by atoms with E-state index in [9.17, 15) is 4.79 Å². The van der Waals surface area contributed by atoms with Crippen molar-refractivity contribution in [2.24, 2.45) is 11.7 Å². The van der Waals surface area contributed by atoms with Gasteiger partial charge < -0.3 is 15.4 Å². The third-order valence-corrected chi connectivity index (χ3v) is 3.54. The first-order valence-electron chi connectivity index (χ1n) is 6.18. The van der Waals surface area contributed by atoms with Crippen molar-refractivity contribution in [3.63, 3.8) is 0 Å². The van der Waals surface area contributed by atoms with Gasteiger partial charge in [-0.3, -0.25) is 4.79 Å². The molecule has 0 saturated carbocycles. The topological polar surface area (TPSA) is 55.6 Å². The Morgan fingerprint density at radius 3 is 2.62 bits per heavy atom. The lowest BCUT2D eigenvalue weighted by molar-refractivity contribution is -0.142. The lowest BCUT2D eigenvalue weighted by atomic mass is 9.92. The zero-order valence-corrected chi connectivity index (χ0v) is 10.4. The van der Waals surface area contributed by atoms with Crippen LogP contribution in [0.3, 0.4) is 0 Å². The van der Waals surface area contributed by atoms with E-state index in [1.807, 2.05) is 0 Å². The Labute approximate surface area is 98.1 Å². The van der Waals surface area contributed by atoms with E-state index < -0.39 is 0 Å². The molecule has 4 heteroatoms. The van der Waals surface area contributed by atoms with Crippen molar-refractivity contribution in [2.75, 3.05) is 26.7 Å². The molecule has 0 aromatic carbocycles. The molecule has 4 nitrogen and oxygen atoms in total. The van der Waals surface area contributed by atoms with Crippen LogP contribution in [0.2, 0.25) is 0 Å². The van der Waals surface area contributed by atoms with E-state index >= 15 is 0 Å². The predicted molar refractivity (Wildman–Crippen MR) is 64.1 cm³/mol. The number of rotatable bonds is 5. The van der Waals surface area contributed by atoms with Gasteiger partial charge in [-0.1, -0.05) is 0 Å². The number of nitrogens with two attached hydrogens (primary N) is 1. The second kappa shape index (κ2) is 6.86. The molecule has 1 saturated heterocycles. The molecule has 0 aromatic heterocycles. The first kappa shape index (κ1) is 13.5. The fourth-order valence-electron chi connectivity index (χ4n) is 2.37. The molecular formula is C12H24N2O2. The first-order chi connectivity index (χ1) is 7.67. The minimum Gasteiger partial charge on any atom is -0.469 e. The largest absolute Gasteiger partial charge is 0.469 e. The van der Waals surface area contributed by atoms with Crippen molar-refractivity contribution in [2.45, 2.75) is 38.6 Å². The standard InChI is InChI=1S/C12H24N2O2/c1-10(9-12(15)16-2)14-7-4-11(3-6-13)5-8-14/h10-11H,3-9,13H2,1-2H3. The molecule has 0 aromatic rings. The molecule has 0 aliphatic carbocycles. The smallest absolute Gasteiger partial charge is 0.307 e. The summed E-state index contributed by atoms with van der Waals surface area (Å²) in [6.07, 6.45) is 4.06. The van der Waals surface area contributed by atoms with Crippen molar-refractivity contribution in [1.29, 1.82) is 0 Å². The molecule has 1 fully saturated rings. The third-order valence-electron chi connectivity index (χ3n) is 3.54. The second-order valence-corrected chi connectivity index (χ2v) is 4.69. The molecule has 1 rings (SSSR count). The fraction of sp³-hybridized carbons (Fsp3) is 0.917. The van der Waals surface area contributed by atoms with E-state index in [4.69, 9.17) is 5.73 Å². The van der Waals surface area contributed by atoms with Gasteiger partial charge in [-0.15, -0.1) is 0 Å². The van der Waals surface area contributed by atoms with E-state index in [1.165, 1.54) is 20.0 Å². The molecule has 94 valence electrons. The highest BCUT2D eigenvalue weighted by Crippen LogP contribution is 2.22. The van der Waals surface area contributed by atoms with Crippen molar-refractivity contribution in [3.05, 3.63) is 0 Å². The van der Waals surface area contributed by atoms with Crippen molar-refractivity contribution < 1.29 is 9.53 Å². The van der Waals surface area contributed by atoms with E-state index in [-0.39, 0.29) is 5.97 Å². The van der Waals surface area contributed by atoms with Crippen LogP contribution in [0.15, 0.2) is 0 Å². The van der Waals surface area contributed by atoms with E-state index in [2.05, 4.69) is 16.6 Å². The molecule has 0 bridgehead atoms.